The van der Waals surface area contributed by atoms with E-state index in [9.17, 15) is 4.79 Å². The molecule has 1 aliphatic rings. The summed E-state index contributed by atoms with van der Waals surface area (Å²) in [6.45, 7) is 5.08. The zero-order valence-electron chi connectivity index (χ0n) is 22.0. The highest BCUT2D eigenvalue weighted by Gasteiger charge is 2.28. The monoisotopic (exact) mass is 492 g/mol. The molecule has 0 radical (unpaired) electrons. The first-order valence-electron chi connectivity index (χ1n) is 14.0. The molecule has 3 rings (SSSR count). The van der Waals surface area contributed by atoms with E-state index in [-0.39, 0.29) is 5.78 Å². The van der Waals surface area contributed by atoms with E-state index in [0.717, 1.165) is 39.7 Å². The van der Waals surface area contributed by atoms with Gasteiger partial charge in [0, 0.05) is 5.56 Å². The van der Waals surface area contributed by atoms with E-state index >= 15 is 0 Å². The van der Waals surface area contributed by atoms with Gasteiger partial charge in [0.1, 0.15) is 5.75 Å². The van der Waals surface area contributed by atoms with Crippen LogP contribution in [-0.2, 0) is 0 Å². The minimum Gasteiger partial charge on any atom is -0.492 e. The number of carbonyl (C=O) groups excluding carboxylic acids is 1. The minimum atomic E-state index is 0.104. The first-order valence-corrected chi connectivity index (χ1v) is 14.8. The summed E-state index contributed by atoms with van der Waals surface area (Å²) in [5, 5.41) is 0. The molecule has 1 aliphatic heterocycles. The highest BCUT2D eigenvalue weighted by molar-refractivity contribution is 8.05. The fourth-order valence-electron chi connectivity index (χ4n) is 4.59. The topological polar surface area (TPSA) is 26.3 Å². The molecular weight excluding hydrogens is 448 g/mol. The number of benzene rings is 2. The van der Waals surface area contributed by atoms with Crippen molar-refractivity contribution >= 4 is 23.6 Å². The SMILES string of the molecule is CCCCCCCCCCCCCCCCOc1cccc2c1SC(=Cc1ccc(C)cc1)C2=O. The molecule has 3 heteroatoms. The molecule has 35 heavy (non-hydrogen) atoms. The van der Waals surface area contributed by atoms with Crippen molar-refractivity contribution in [3.8, 4) is 5.75 Å². The van der Waals surface area contributed by atoms with Crippen LogP contribution >= 0.6 is 11.8 Å². The van der Waals surface area contributed by atoms with Gasteiger partial charge >= 0.3 is 0 Å². The summed E-state index contributed by atoms with van der Waals surface area (Å²) in [4.78, 5) is 14.6. The summed E-state index contributed by atoms with van der Waals surface area (Å²) in [6.07, 6.45) is 21.0. The van der Waals surface area contributed by atoms with Gasteiger partial charge < -0.3 is 4.74 Å². The van der Waals surface area contributed by atoms with Crippen LogP contribution in [0.3, 0.4) is 0 Å². The van der Waals surface area contributed by atoms with E-state index in [1.54, 1.807) is 11.8 Å². The summed E-state index contributed by atoms with van der Waals surface area (Å²) in [5.74, 6) is 0.954. The Bertz CT molecular complexity index is 929. The molecule has 0 aliphatic carbocycles. The molecule has 2 aromatic rings. The maximum absolute atomic E-state index is 12.9. The van der Waals surface area contributed by atoms with Gasteiger partial charge in [-0.25, -0.2) is 0 Å². The Labute approximate surface area is 217 Å². The van der Waals surface area contributed by atoms with Gasteiger partial charge in [-0.05, 0) is 37.1 Å². The third kappa shape index (κ3) is 9.52. The molecule has 0 unspecified atom stereocenters. The van der Waals surface area contributed by atoms with E-state index in [1.165, 1.54) is 89.0 Å². The van der Waals surface area contributed by atoms with Crippen LogP contribution in [0.1, 0.15) is 118 Å². The van der Waals surface area contributed by atoms with Gasteiger partial charge in [0.25, 0.3) is 0 Å². The van der Waals surface area contributed by atoms with Crippen molar-refractivity contribution in [2.24, 2.45) is 0 Å². The zero-order chi connectivity index (χ0) is 24.7. The lowest BCUT2D eigenvalue weighted by Crippen LogP contribution is -2.00. The highest BCUT2D eigenvalue weighted by Crippen LogP contribution is 2.46. The molecule has 2 nitrogen and oxygen atoms in total. The average molecular weight is 493 g/mol. The molecule has 0 amide bonds. The van der Waals surface area contributed by atoms with Gasteiger partial charge in [-0.15, -0.1) is 0 Å². The summed E-state index contributed by atoms with van der Waals surface area (Å²) >= 11 is 1.54. The fraction of sp³-hybridized carbons (Fsp3) is 0.531. The predicted octanol–water partition coefficient (Wildman–Crippen LogP) is 10.2. The molecule has 0 atom stereocenters. The Balaban J connectivity index is 1.29. The second kappa shape index (κ2) is 15.9. The molecule has 190 valence electrons. The van der Waals surface area contributed by atoms with Crippen molar-refractivity contribution in [3.63, 3.8) is 0 Å². The van der Waals surface area contributed by atoms with Crippen LogP contribution < -0.4 is 4.74 Å². The van der Waals surface area contributed by atoms with Crippen molar-refractivity contribution in [1.29, 1.82) is 0 Å². The number of carbonyl (C=O) groups is 1. The van der Waals surface area contributed by atoms with E-state index in [1.807, 2.05) is 24.3 Å². The number of allylic oxidation sites excluding steroid dienone is 1. The van der Waals surface area contributed by atoms with E-state index in [4.69, 9.17) is 4.74 Å². The second-order valence-corrected chi connectivity index (χ2v) is 11.0. The lowest BCUT2D eigenvalue weighted by atomic mass is 10.0. The number of fused-ring (bicyclic) bond motifs is 1. The van der Waals surface area contributed by atoms with Gasteiger partial charge in [0.2, 0.25) is 5.78 Å². The van der Waals surface area contributed by atoms with Crippen LogP contribution in [0.25, 0.3) is 6.08 Å². The second-order valence-electron chi connectivity index (χ2n) is 9.93. The molecule has 0 aromatic heterocycles. The minimum absolute atomic E-state index is 0.104. The number of hydrogen-bond donors (Lipinski definition) is 0. The summed E-state index contributed by atoms with van der Waals surface area (Å²) in [7, 11) is 0. The summed E-state index contributed by atoms with van der Waals surface area (Å²) in [6, 6.07) is 14.1. The van der Waals surface area contributed by atoms with Crippen LogP contribution in [0.4, 0.5) is 0 Å². The Morgan fingerprint density at radius 2 is 1.31 bits per heavy atom. The molecule has 0 saturated carbocycles. The van der Waals surface area contributed by atoms with Crippen molar-refractivity contribution in [2.45, 2.75) is 109 Å². The average Bonchev–Trinajstić information content (AvgIpc) is 3.19. The third-order valence-electron chi connectivity index (χ3n) is 6.79. The number of hydrogen-bond acceptors (Lipinski definition) is 3. The molecule has 1 heterocycles. The molecule has 0 N–H and O–H groups in total. The largest absolute Gasteiger partial charge is 0.492 e. The first kappa shape index (κ1) is 27.6. The Kier molecular flexibility index (Phi) is 12.5. The standard InChI is InChI=1S/C32H44O2S/c1-3-4-5-6-7-8-9-10-11-12-13-14-15-16-24-34-29-19-17-18-28-31(33)30(35-32(28)29)25-27-22-20-26(2)21-23-27/h17-23,25H,3-16,24H2,1-2H3. The lowest BCUT2D eigenvalue weighted by Gasteiger charge is -2.09. The van der Waals surface area contributed by atoms with Gasteiger partial charge in [-0.3, -0.25) is 4.79 Å². The van der Waals surface area contributed by atoms with E-state index in [0.29, 0.717) is 0 Å². The van der Waals surface area contributed by atoms with Gasteiger partial charge in [0.15, 0.2) is 0 Å². The van der Waals surface area contributed by atoms with E-state index < -0.39 is 0 Å². The van der Waals surface area contributed by atoms with E-state index in [2.05, 4.69) is 38.1 Å². The molecule has 0 bridgehead atoms. The zero-order valence-corrected chi connectivity index (χ0v) is 22.8. The third-order valence-corrected chi connectivity index (χ3v) is 7.94. The number of ketones is 1. The molecule has 0 saturated heterocycles. The van der Waals surface area contributed by atoms with Crippen molar-refractivity contribution in [2.75, 3.05) is 6.61 Å². The number of rotatable bonds is 17. The smallest absolute Gasteiger partial charge is 0.200 e. The van der Waals surface area contributed by atoms with Crippen LogP contribution in [0.5, 0.6) is 5.75 Å². The van der Waals surface area contributed by atoms with Crippen LogP contribution in [0, 0.1) is 6.92 Å². The van der Waals surface area contributed by atoms with Crippen molar-refractivity contribution in [1.82, 2.24) is 0 Å². The van der Waals surface area contributed by atoms with Crippen molar-refractivity contribution in [3.05, 3.63) is 64.1 Å². The Morgan fingerprint density at radius 1 is 0.743 bits per heavy atom. The van der Waals surface area contributed by atoms with Crippen LogP contribution in [0.2, 0.25) is 0 Å². The summed E-state index contributed by atoms with van der Waals surface area (Å²) in [5.41, 5.74) is 3.05. The maximum Gasteiger partial charge on any atom is 0.200 e. The lowest BCUT2D eigenvalue weighted by molar-refractivity contribution is 0.104. The normalized spacial score (nSPS) is 14.0. The Morgan fingerprint density at radius 3 is 1.91 bits per heavy atom. The van der Waals surface area contributed by atoms with Gasteiger partial charge in [-0.2, -0.15) is 0 Å². The molecule has 0 spiro atoms. The molecular formula is C32H44O2S. The maximum atomic E-state index is 12.9. The summed E-state index contributed by atoms with van der Waals surface area (Å²) < 4.78 is 6.12. The van der Waals surface area contributed by atoms with Gasteiger partial charge in [0.05, 0.1) is 16.4 Å². The first-order chi connectivity index (χ1) is 17.2. The fourth-order valence-corrected chi connectivity index (χ4v) is 5.71. The number of aryl methyl sites for hydroxylation is 1. The predicted molar refractivity (Wildman–Crippen MR) is 152 cm³/mol. The van der Waals surface area contributed by atoms with Crippen LogP contribution in [0.15, 0.2) is 52.3 Å². The number of ether oxygens (including phenoxy) is 1. The van der Waals surface area contributed by atoms with Crippen LogP contribution in [-0.4, -0.2) is 12.4 Å². The molecule has 0 fully saturated rings. The quantitative estimate of drug-likeness (QED) is 0.162. The number of unbranched alkanes of at least 4 members (excludes halogenated alkanes) is 13. The molecule has 2 aromatic carbocycles. The number of thioether (sulfide) groups is 1. The van der Waals surface area contributed by atoms with Crippen molar-refractivity contribution < 1.29 is 9.53 Å². The Hall–Kier alpha value is -2.00. The van der Waals surface area contributed by atoms with Gasteiger partial charge in [-0.1, -0.05) is 138 Å². The highest BCUT2D eigenvalue weighted by atomic mass is 32.2. The number of Topliss-reactive ketones (excluding diaryl/α,β-unsaturated/α-hetero) is 1.